The predicted octanol–water partition coefficient (Wildman–Crippen LogP) is 5.48. The maximum absolute atomic E-state index is 14.6. The molecule has 0 radical (unpaired) electrons. The Labute approximate surface area is 374 Å². The number of oxime groups is 1. The Hall–Kier alpha value is -1.32. The first-order valence-electron chi connectivity index (χ1n) is 22.6. The summed E-state index contributed by atoms with van der Waals surface area (Å²) < 4.78 is 58.4. The van der Waals surface area contributed by atoms with Crippen molar-refractivity contribution in [2.45, 2.75) is 218 Å². The van der Waals surface area contributed by atoms with E-state index in [4.69, 9.17) is 47.2 Å². The van der Waals surface area contributed by atoms with E-state index in [2.05, 4.69) is 29.7 Å². The van der Waals surface area contributed by atoms with E-state index in [-0.39, 0.29) is 31.4 Å². The molecule has 3 saturated heterocycles. The van der Waals surface area contributed by atoms with Crippen LogP contribution in [0.5, 0.6) is 0 Å². The van der Waals surface area contributed by atoms with Crippen molar-refractivity contribution >= 4 is 20.0 Å². The fourth-order valence-electron chi connectivity index (χ4n) is 9.49. The van der Waals surface area contributed by atoms with Crippen LogP contribution in [0.1, 0.15) is 109 Å². The number of ether oxygens (including phenoxy) is 8. The van der Waals surface area contributed by atoms with Crippen molar-refractivity contribution in [3.8, 4) is 0 Å². The van der Waals surface area contributed by atoms with Gasteiger partial charge in [-0.15, -0.1) is 0 Å². The Morgan fingerprint density at radius 2 is 1.47 bits per heavy atom. The fourth-order valence-corrected chi connectivity index (χ4v) is 10.6. The quantitative estimate of drug-likeness (QED) is 0.0912. The highest BCUT2D eigenvalue weighted by Gasteiger charge is 2.54. The summed E-state index contributed by atoms with van der Waals surface area (Å²) in [5.74, 6) is -4.68. The van der Waals surface area contributed by atoms with Crippen LogP contribution in [-0.4, -0.2) is 166 Å². The number of hydrogen-bond donors (Lipinski definition) is 3. The van der Waals surface area contributed by atoms with Crippen LogP contribution in [0.15, 0.2) is 5.16 Å². The van der Waals surface area contributed by atoms with Gasteiger partial charge in [0.05, 0.1) is 53.4 Å². The van der Waals surface area contributed by atoms with Gasteiger partial charge in [-0.3, -0.25) is 4.79 Å². The maximum atomic E-state index is 14.6. The third-order valence-electron chi connectivity index (χ3n) is 13.6. The minimum Gasteiger partial charge on any atom is -0.459 e. The molecule has 3 heterocycles. The zero-order valence-corrected chi connectivity index (χ0v) is 42.7. The van der Waals surface area contributed by atoms with Crippen LogP contribution >= 0.6 is 0 Å². The first-order chi connectivity index (χ1) is 28.4. The van der Waals surface area contributed by atoms with Crippen LogP contribution in [0, 0.1) is 23.7 Å². The molecule has 10 unspecified atom stereocenters. The summed E-state index contributed by atoms with van der Waals surface area (Å²) in [6.07, 6.45) is -7.18. The van der Waals surface area contributed by atoms with Gasteiger partial charge in [0.2, 0.25) is 5.79 Å². The van der Waals surface area contributed by atoms with E-state index in [0.717, 1.165) is 6.42 Å². The van der Waals surface area contributed by atoms with E-state index in [0.29, 0.717) is 5.71 Å². The lowest BCUT2D eigenvalue weighted by Gasteiger charge is -2.51. The van der Waals surface area contributed by atoms with Gasteiger partial charge in [0.1, 0.15) is 23.9 Å². The van der Waals surface area contributed by atoms with E-state index in [1.54, 1.807) is 55.6 Å². The van der Waals surface area contributed by atoms with Gasteiger partial charge in [0, 0.05) is 65.4 Å². The lowest BCUT2D eigenvalue weighted by Crippen LogP contribution is -2.62. The number of carbonyl (C=O) groups excluding carboxylic acids is 1. The second-order valence-electron chi connectivity index (χ2n) is 20.6. The van der Waals surface area contributed by atoms with Crippen molar-refractivity contribution in [2.24, 2.45) is 28.8 Å². The number of aliphatic hydroxyl groups is 3. The van der Waals surface area contributed by atoms with E-state index in [9.17, 15) is 20.1 Å². The van der Waals surface area contributed by atoms with E-state index >= 15 is 0 Å². The molecule has 17 heteroatoms. The second-order valence-corrected chi connectivity index (χ2v) is 25.1. The van der Waals surface area contributed by atoms with Gasteiger partial charge in [0.25, 0.3) is 0 Å². The monoisotopic (exact) mass is 907 g/mol. The highest BCUT2D eigenvalue weighted by molar-refractivity contribution is 6.69. The van der Waals surface area contributed by atoms with Crippen molar-refractivity contribution < 1.29 is 67.3 Å². The highest BCUT2D eigenvalue weighted by atomic mass is 28.4. The lowest BCUT2D eigenvalue weighted by molar-refractivity contribution is -0.318. The summed E-state index contributed by atoms with van der Waals surface area (Å²) in [5.41, 5.74) is -3.70. The normalized spacial score (nSPS) is 44.2. The Kier molecular flexibility index (Phi) is 19.1. The number of cyclic esters (lactones) is 1. The number of carbonyl (C=O) groups is 1. The van der Waals surface area contributed by atoms with Gasteiger partial charge in [-0.05, 0) is 94.5 Å². The zero-order valence-electron chi connectivity index (χ0n) is 41.7. The highest BCUT2D eigenvalue weighted by Crippen LogP contribution is 2.42. The molecule has 364 valence electrons. The third-order valence-corrected chi connectivity index (χ3v) is 14.6. The van der Waals surface area contributed by atoms with Gasteiger partial charge in [0.15, 0.2) is 20.9 Å². The summed E-state index contributed by atoms with van der Waals surface area (Å²) in [4.78, 5) is 22.7. The molecule has 3 aliphatic heterocycles. The SMILES string of the molecule is CC[C@H]1OC(=O)[C@H](C)C(OC2CC(C)(OC)C(O)C(C)O2)[C@H](C)C(OC2OC(C)CC(N(C)C)C2O[Si](C)(C)C)[C@](C)(OC)C[C@@H](C)C(=NOC(C)(C)OC)[C@H](C)[C@@H](O)[C@]1(C)O. The van der Waals surface area contributed by atoms with Gasteiger partial charge in [-0.2, -0.15) is 0 Å². The van der Waals surface area contributed by atoms with E-state index < -0.39 is 116 Å². The minimum absolute atomic E-state index is 0.0469. The van der Waals surface area contributed by atoms with Gasteiger partial charge in [-0.1, -0.05) is 32.9 Å². The molecule has 62 heavy (non-hydrogen) atoms. The van der Waals surface area contributed by atoms with E-state index in [1.807, 2.05) is 41.8 Å². The molecule has 0 spiro atoms. The summed E-state index contributed by atoms with van der Waals surface area (Å²) in [5, 5.41) is 40.0. The molecular formula is C45H86N2O14Si. The molecule has 0 aromatic carbocycles. The molecule has 0 aliphatic carbocycles. The summed E-state index contributed by atoms with van der Waals surface area (Å²) in [6, 6.07) is -0.0469. The number of esters is 1. The number of methoxy groups -OCH3 is 3. The van der Waals surface area contributed by atoms with Crippen LogP contribution in [0.2, 0.25) is 19.6 Å². The molecule has 0 aromatic heterocycles. The largest absolute Gasteiger partial charge is 0.459 e. The number of rotatable bonds is 13. The van der Waals surface area contributed by atoms with Gasteiger partial charge in [-0.25, -0.2) is 0 Å². The predicted molar refractivity (Wildman–Crippen MR) is 238 cm³/mol. The first-order valence-corrected chi connectivity index (χ1v) is 26.0. The van der Waals surface area contributed by atoms with Crippen LogP contribution in [-0.2, 0) is 52.0 Å². The van der Waals surface area contributed by atoms with Crippen LogP contribution in [0.4, 0.5) is 0 Å². The minimum atomic E-state index is -2.19. The zero-order chi connectivity index (χ0) is 47.5. The van der Waals surface area contributed by atoms with E-state index in [1.165, 1.54) is 21.1 Å². The Morgan fingerprint density at radius 1 is 0.871 bits per heavy atom. The van der Waals surface area contributed by atoms with Crippen molar-refractivity contribution in [1.82, 2.24) is 4.90 Å². The molecule has 18 atom stereocenters. The average Bonchev–Trinajstić information content (AvgIpc) is 3.18. The van der Waals surface area contributed by atoms with Crippen LogP contribution < -0.4 is 0 Å². The molecule has 0 saturated carbocycles. The first kappa shape index (κ1) is 55.0. The maximum Gasteiger partial charge on any atom is 0.311 e. The number of nitrogens with zero attached hydrogens (tertiary/aromatic N) is 2. The molecule has 0 amide bonds. The molecule has 3 fully saturated rings. The molecule has 16 nitrogen and oxygen atoms in total. The number of hydrogen-bond acceptors (Lipinski definition) is 16. The molecule has 0 aromatic rings. The fraction of sp³-hybridized carbons (Fsp3) is 0.956. The van der Waals surface area contributed by atoms with Crippen molar-refractivity contribution in [3.05, 3.63) is 0 Å². The standard InChI is InChI=1S/C45H86N2O14Si/c1-21-32-45(12,51)37(48)27(4)34(46-61-42(8,9)52-15)25(2)23-44(11,54-17)39(59-41-36(60-62(18,19)20)31(47(13)14)22-26(3)55-41)28(5)35(29(6)40(50)57-32)58-33-24-43(10,53-16)38(49)30(7)56-33/h25-33,35-39,41,48-49,51H,21-24H2,1-20H3/t25-,26?,27+,28+,29-,30?,31?,32-,33?,35?,36?,37-,38?,39?,41?,43?,44-,45-/m1/s1. The second kappa shape index (κ2) is 21.5. The summed E-state index contributed by atoms with van der Waals surface area (Å²) >= 11 is 0. The Bertz CT molecular complexity index is 1460. The molecule has 3 N–H and O–H groups in total. The van der Waals surface area contributed by atoms with Crippen molar-refractivity contribution in [3.63, 3.8) is 0 Å². The van der Waals surface area contributed by atoms with Crippen molar-refractivity contribution in [1.29, 1.82) is 0 Å². The number of aliphatic hydroxyl groups excluding tert-OH is 2. The van der Waals surface area contributed by atoms with Crippen LogP contribution in [0.3, 0.4) is 0 Å². The lowest BCUT2D eigenvalue weighted by atomic mass is 9.73. The van der Waals surface area contributed by atoms with Gasteiger partial charge >= 0.3 is 5.97 Å². The topological polar surface area (TPSA) is 186 Å². The average molecular weight is 907 g/mol. The summed E-state index contributed by atoms with van der Waals surface area (Å²) in [7, 11) is 6.53. The molecule has 3 rings (SSSR count). The molecular weight excluding hydrogens is 821 g/mol. The smallest absolute Gasteiger partial charge is 0.311 e. The van der Waals surface area contributed by atoms with Crippen molar-refractivity contribution in [2.75, 3.05) is 35.4 Å². The Morgan fingerprint density at radius 3 is 1.98 bits per heavy atom. The summed E-state index contributed by atoms with van der Waals surface area (Å²) in [6.45, 7) is 28.0. The van der Waals surface area contributed by atoms with Crippen LogP contribution in [0.25, 0.3) is 0 Å². The third kappa shape index (κ3) is 13.0. The Balaban J connectivity index is 2.38. The molecule has 0 bridgehead atoms. The molecule has 3 aliphatic rings. The number of likely N-dealkylation sites (N-methyl/N-ethyl adjacent to an activating group) is 1. The van der Waals surface area contributed by atoms with Gasteiger partial charge < -0.3 is 67.4 Å².